The fourth-order valence-corrected chi connectivity index (χ4v) is 8.96. The summed E-state index contributed by atoms with van der Waals surface area (Å²) in [6, 6.07) is 20.2. The van der Waals surface area contributed by atoms with E-state index < -0.39 is 32.1 Å². The lowest BCUT2D eigenvalue weighted by molar-refractivity contribution is 0.00504. The van der Waals surface area contributed by atoms with Crippen LogP contribution in [0.15, 0.2) is 60.7 Å². The molecule has 0 aromatic heterocycles. The molecule has 1 fully saturated rings. The van der Waals surface area contributed by atoms with Gasteiger partial charge in [-0.1, -0.05) is 88.4 Å². The molecule has 0 amide bonds. The molecule has 0 radical (unpaired) electrons. The quantitative estimate of drug-likeness (QED) is 0.700. The van der Waals surface area contributed by atoms with Gasteiger partial charge >= 0.3 is 0 Å². The summed E-state index contributed by atoms with van der Waals surface area (Å²) in [5.41, 5.74) is -2.60. The van der Waals surface area contributed by atoms with Gasteiger partial charge in [0.1, 0.15) is 5.67 Å². The van der Waals surface area contributed by atoms with E-state index in [1.54, 1.807) is 6.92 Å². The number of halogens is 1. The number of aliphatic hydroxyl groups is 2. The van der Waals surface area contributed by atoms with Gasteiger partial charge in [-0.15, -0.1) is 0 Å². The third kappa shape index (κ3) is 3.34. The van der Waals surface area contributed by atoms with Crippen molar-refractivity contribution in [2.45, 2.75) is 50.9 Å². The Hall–Kier alpha value is -1.53. The fourth-order valence-electron chi connectivity index (χ4n) is 4.36. The third-order valence-corrected chi connectivity index (χ3v) is 11.4. The molecule has 0 unspecified atom stereocenters. The van der Waals surface area contributed by atoms with Crippen LogP contribution in [-0.2, 0) is 4.43 Å². The van der Waals surface area contributed by atoms with Gasteiger partial charge < -0.3 is 14.6 Å². The van der Waals surface area contributed by atoms with Crippen LogP contribution in [0, 0.1) is 5.41 Å². The molecule has 2 aromatic rings. The van der Waals surface area contributed by atoms with Gasteiger partial charge in [-0.25, -0.2) is 4.39 Å². The zero-order valence-corrected chi connectivity index (χ0v) is 18.2. The Morgan fingerprint density at radius 2 is 1.50 bits per heavy atom. The molecule has 2 N–H and O–H groups in total. The van der Waals surface area contributed by atoms with Gasteiger partial charge in [0.25, 0.3) is 8.32 Å². The highest BCUT2D eigenvalue weighted by Crippen LogP contribution is 2.61. The smallest absolute Gasteiger partial charge is 0.261 e. The van der Waals surface area contributed by atoms with E-state index in [2.05, 4.69) is 45.0 Å². The van der Waals surface area contributed by atoms with Gasteiger partial charge in [-0.3, -0.25) is 0 Å². The van der Waals surface area contributed by atoms with Crippen molar-refractivity contribution in [2.75, 3.05) is 13.2 Å². The van der Waals surface area contributed by atoms with Crippen molar-refractivity contribution in [3.8, 4) is 0 Å². The van der Waals surface area contributed by atoms with Crippen LogP contribution in [0.25, 0.3) is 0 Å². The van der Waals surface area contributed by atoms with Crippen molar-refractivity contribution in [3.05, 3.63) is 60.7 Å². The van der Waals surface area contributed by atoms with Crippen molar-refractivity contribution >= 4 is 18.7 Å². The van der Waals surface area contributed by atoms with E-state index in [1.165, 1.54) is 0 Å². The molecule has 3 rings (SSSR count). The monoisotopic (exact) mass is 402 g/mol. The minimum absolute atomic E-state index is 0.0894. The van der Waals surface area contributed by atoms with Crippen LogP contribution in [0.1, 0.15) is 34.1 Å². The minimum atomic E-state index is -2.81. The third-order valence-electron chi connectivity index (χ3n) is 6.39. The molecule has 1 saturated carbocycles. The molecule has 0 aliphatic heterocycles. The molecule has 0 spiro atoms. The second-order valence-electron chi connectivity index (χ2n) is 9.21. The van der Waals surface area contributed by atoms with Crippen LogP contribution in [0.5, 0.6) is 0 Å². The predicted molar refractivity (Wildman–Crippen MR) is 113 cm³/mol. The minimum Gasteiger partial charge on any atom is -0.404 e. The molecule has 0 bridgehead atoms. The Labute approximate surface area is 168 Å². The number of alkyl halides is 1. The lowest BCUT2D eigenvalue weighted by Gasteiger charge is -2.43. The molecule has 1 aliphatic rings. The van der Waals surface area contributed by atoms with Crippen molar-refractivity contribution < 1.29 is 19.0 Å². The Morgan fingerprint density at radius 1 is 1.04 bits per heavy atom. The van der Waals surface area contributed by atoms with E-state index in [-0.39, 0.29) is 18.1 Å². The van der Waals surface area contributed by atoms with E-state index in [1.807, 2.05) is 36.4 Å². The summed E-state index contributed by atoms with van der Waals surface area (Å²) in [6.07, 6.45) is -0.889. The van der Waals surface area contributed by atoms with Gasteiger partial charge in [0.2, 0.25) is 0 Å². The van der Waals surface area contributed by atoms with Crippen LogP contribution in [0.3, 0.4) is 0 Å². The zero-order valence-electron chi connectivity index (χ0n) is 17.2. The molecular weight excluding hydrogens is 371 g/mol. The summed E-state index contributed by atoms with van der Waals surface area (Å²) >= 11 is 0. The maximum absolute atomic E-state index is 15.6. The summed E-state index contributed by atoms with van der Waals surface area (Å²) in [5, 5.41) is 21.4. The molecule has 3 atom stereocenters. The first-order valence-electron chi connectivity index (χ1n) is 9.84. The van der Waals surface area contributed by atoms with Crippen LogP contribution in [0.4, 0.5) is 4.39 Å². The lowest BCUT2D eigenvalue weighted by Crippen LogP contribution is -2.67. The summed E-state index contributed by atoms with van der Waals surface area (Å²) in [5.74, 6) is 0. The van der Waals surface area contributed by atoms with E-state index in [9.17, 15) is 10.2 Å². The van der Waals surface area contributed by atoms with Gasteiger partial charge in [-0.2, -0.15) is 0 Å². The SMILES string of the molecule is CC(C)(C)[Si](OC[C@@]1(F)C[C@@]1(C)[C@H](O)CO)(c1ccccc1)c1ccccc1. The second-order valence-corrected chi connectivity index (χ2v) is 13.5. The van der Waals surface area contributed by atoms with Crippen molar-refractivity contribution in [2.24, 2.45) is 5.41 Å². The molecule has 28 heavy (non-hydrogen) atoms. The predicted octanol–water partition coefficient (Wildman–Crippen LogP) is 3.03. The first kappa shape index (κ1) is 21.2. The summed E-state index contributed by atoms with van der Waals surface area (Å²) in [6.45, 7) is 7.61. The normalized spacial score (nSPS) is 26.1. The molecule has 3 nitrogen and oxygen atoms in total. The van der Waals surface area contributed by atoms with Gasteiger partial charge in [-0.05, 0) is 21.8 Å². The van der Waals surface area contributed by atoms with E-state index in [4.69, 9.17) is 4.43 Å². The Morgan fingerprint density at radius 3 is 1.89 bits per heavy atom. The average Bonchev–Trinajstić information content (AvgIpc) is 3.24. The standard InChI is InChI=1S/C23H31FO3Si/c1-21(2,3)28(18-11-7-5-8-12-18,19-13-9-6-10-14-19)27-17-23(24)16-22(23,4)20(26)15-25/h5-14,20,25-26H,15-17H2,1-4H3/t20-,22+,23+/m1/s1. The Bertz CT molecular complexity index is 753. The van der Waals surface area contributed by atoms with Crippen molar-refractivity contribution in [3.63, 3.8) is 0 Å². The van der Waals surface area contributed by atoms with Crippen LogP contribution in [0.2, 0.25) is 5.04 Å². The first-order chi connectivity index (χ1) is 13.1. The van der Waals surface area contributed by atoms with Crippen LogP contribution >= 0.6 is 0 Å². The summed E-state index contributed by atoms with van der Waals surface area (Å²) in [4.78, 5) is 0. The molecule has 1 aliphatic carbocycles. The molecule has 0 saturated heterocycles. The molecular formula is C23H31FO3Si. The highest BCUT2D eigenvalue weighted by Gasteiger charge is 2.70. The topological polar surface area (TPSA) is 49.7 Å². The number of hydrogen-bond acceptors (Lipinski definition) is 3. The van der Waals surface area contributed by atoms with E-state index in [0.29, 0.717) is 0 Å². The number of aliphatic hydroxyl groups excluding tert-OH is 2. The molecule has 5 heteroatoms. The molecule has 2 aromatic carbocycles. The maximum atomic E-state index is 15.6. The molecule has 152 valence electrons. The number of benzene rings is 2. The fraction of sp³-hybridized carbons (Fsp3) is 0.478. The highest BCUT2D eigenvalue weighted by molar-refractivity contribution is 6.99. The van der Waals surface area contributed by atoms with Crippen molar-refractivity contribution in [1.29, 1.82) is 0 Å². The number of hydrogen-bond donors (Lipinski definition) is 2. The van der Waals surface area contributed by atoms with E-state index >= 15 is 4.39 Å². The van der Waals surface area contributed by atoms with Crippen LogP contribution < -0.4 is 10.4 Å². The maximum Gasteiger partial charge on any atom is 0.261 e. The first-order valence-corrected chi connectivity index (χ1v) is 11.7. The van der Waals surface area contributed by atoms with Gasteiger partial charge in [0.15, 0.2) is 0 Å². The summed E-state index contributed by atoms with van der Waals surface area (Å²) in [7, 11) is -2.81. The van der Waals surface area contributed by atoms with E-state index in [0.717, 1.165) is 10.4 Å². The zero-order chi connectivity index (χ0) is 20.6. The van der Waals surface area contributed by atoms with Crippen LogP contribution in [-0.4, -0.2) is 43.5 Å². The number of rotatable bonds is 7. The van der Waals surface area contributed by atoms with Gasteiger partial charge in [0.05, 0.1) is 19.3 Å². The second kappa shape index (κ2) is 7.37. The largest absolute Gasteiger partial charge is 0.404 e. The van der Waals surface area contributed by atoms with Crippen molar-refractivity contribution in [1.82, 2.24) is 0 Å². The van der Waals surface area contributed by atoms with Gasteiger partial charge in [0, 0.05) is 5.41 Å². The Kier molecular flexibility index (Phi) is 5.58. The molecule has 0 heterocycles. The lowest BCUT2D eigenvalue weighted by atomic mass is 9.98. The summed E-state index contributed by atoms with van der Waals surface area (Å²) < 4.78 is 22.2. The average molecular weight is 403 g/mol. The Balaban J connectivity index is 2.03. The highest BCUT2D eigenvalue weighted by atomic mass is 28.4.